The molecule has 0 radical (unpaired) electrons. The molecule has 1 amide bonds. The number of amides is 1. The van der Waals surface area contributed by atoms with Gasteiger partial charge in [-0.2, -0.15) is 0 Å². The Hall–Kier alpha value is -2.77. The van der Waals surface area contributed by atoms with Crippen molar-refractivity contribution in [1.82, 2.24) is 9.55 Å². The van der Waals surface area contributed by atoms with E-state index in [0.29, 0.717) is 30.9 Å². The molecule has 0 aliphatic carbocycles. The molecule has 0 fully saturated rings. The van der Waals surface area contributed by atoms with Gasteiger partial charge in [-0.05, 0) is 54.0 Å². The highest BCUT2D eigenvalue weighted by Crippen LogP contribution is 2.32. The van der Waals surface area contributed by atoms with Crippen molar-refractivity contribution in [3.05, 3.63) is 18.0 Å². The summed E-state index contributed by atoms with van der Waals surface area (Å²) >= 11 is 0. The van der Waals surface area contributed by atoms with Crippen molar-refractivity contribution in [2.24, 2.45) is 12.5 Å². The molecular weight excluding hydrogens is 386 g/mol. The van der Waals surface area contributed by atoms with E-state index in [4.69, 9.17) is 19.2 Å². The third kappa shape index (κ3) is 5.64. The average Bonchev–Trinajstić information content (AvgIpc) is 2.93. The number of ether oxygens (including phenoxy) is 3. The Morgan fingerprint density at radius 3 is 2.40 bits per heavy atom. The van der Waals surface area contributed by atoms with E-state index in [1.165, 1.54) is 7.11 Å². The first-order chi connectivity index (χ1) is 13.9. The Morgan fingerprint density at radius 2 is 1.83 bits per heavy atom. The lowest BCUT2D eigenvalue weighted by molar-refractivity contribution is -0.151. The zero-order valence-electron chi connectivity index (χ0n) is 19.2. The van der Waals surface area contributed by atoms with Crippen LogP contribution in [0, 0.1) is 5.41 Å². The summed E-state index contributed by atoms with van der Waals surface area (Å²) in [6.45, 7) is 11.5. The van der Waals surface area contributed by atoms with E-state index in [2.05, 4.69) is 5.32 Å². The summed E-state index contributed by atoms with van der Waals surface area (Å²) in [7, 11) is 3.31. The number of hydrogen-bond acceptors (Lipinski definition) is 6. The molecule has 2 aromatic rings. The zero-order chi connectivity index (χ0) is 22.7. The first-order valence-corrected chi connectivity index (χ1v) is 10.1. The first-order valence-electron chi connectivity index (χ1n) is 10.1. The predicted molar refractivity (Wildman–Crippen MR) is 116 cm³/mol. The number of imidazole rings is 1. The van der Waals surface area contributed by atoms with E-state index >= 15 is 0 Å². The molecule has 1 aromatic heterocycles. The number of esters is 1. The SMILES string of the molecule is CCOc1cc2nc(CCC(C)(C)C(=O)OC)n(C)c2cc1NC(=O)OC(C)(C)C. The zero-order valence-corrected chi connectivity index (χ0v) is 19.2. The summed E-state index contributed by atoms with van der Waals surface area (Å²) < 4.78 is 17.9. The molecule has 0 saturated heterocycles. The molecule has 8 nitrogen and oxygen atoms in total. The molecule has 0 saturated carbocycles. The minimum atomic E-state index is -0.605. The van der Waals surface area contributed by atoms with Gasteiger partial charge in [0.25, 0.3) is 0 Å². The lowest BCUT2D eigenvalue weighted by Crippen LogP contribution is -2.27. The smallest absolute Gasteiger partial charge is 0.412 e. The van der Waals surface area contributed by atoms with Crippen LogP contribution in [0.3, 0.4) is 0 Å². The highest BCUT2D eigenvalue weighted by Gasteiger charge is 2.29. The molecule has 1 heterocycles. The van der Waals surface area contributed by atoms with Crippen molar-refractivity contribution < 1.29 is 23.8 Å². The number of benzene rings is 1. The van der Waals surface area contributed by atoms with Gasteiger partial charge in [-0.1, -0.05) is 0 Å². The van der Waals surface area contributed by atoms with Gasteiger partial charge in [-0.3, -0.25) is 10.1 Å². The molecule has 30 heavy (non-hydrogen) atoms. The van der Waals surface area contributed by atoms with Crippen LogP contribution in [0.2, 0.25) is 0 Å². The lowest BCUT2D eigenvalue weighted by Gasteiger charge is -2.21. The van der Waals surface area contributed by atoms with Crippen molar-refractivity contribution in [3.8, 4) is 5.75 Å². The molecule has 0 bridgehead atoms. The van der Waals surface area contributed by atoms with Crippen LogP contribution in [0.4, 0.5) is 10.5 Å². The number of aromatic nitrogens is 2. The van der Waals surface area contributed by atoms with E-state index in [1.807, 2.05) is 59.2 Å². The van der Waals surface area contributed by atoms with Crippen molar-refractivity contribution in [2.75, 3.05) is 19.0 Å². The minimum Gasteiger partial charge on any atom is -0.492 e. The lowest BCUT2D eigenvalue weighted by atomic mass is 9.88. The van der Waals surface area contributed by atoms with Crippen molar-refractivity contribution in [1.29, 1.82) is 0 Å². The van der Waals surface area contributed by atoms with E-state index in [-0.39, 0.29) is 5.97 Å². The summed E-state index contributed by atoms with van der Waals surface area (Å²) in [4.78, 5) is 28.9. The minimum absolute atomic E-state index is 0.247. The molecule has 0 unspecified atom stereocenters. The van der Waals surface area contributed by atoms with Gasteiger partial charge in [0.05, 0.1) is 35.9 Å². The maximum absolute atomic E-state index is 12.3. The Morgan fingerprint density at radius 1 is 1.17 bits per heavy atom. The number of nitrogens with zero attached hydrogens (tertiary/aromatic N) is 2. The highest BCUT2D eigenvalue weighted by molar-refractivity contribution is 5.92. The van der Waals surface area contributed by atoms with E-state index in [0.717, 1.165) is 16.9 Å². The fourth-order valence-electron chi connectivity index (χ4n) is 3.08. The standard InChI is InChI=1S/C22H33N3O5/c1-9-29-17-13-14-16(12-15(17)24-20(27)30-21(2,3)4)25(7)18(23-14)10-11-22(5,6)19(26)28-8/h12-13H,9-11H2,1-8H3,(H,24,27). The molecule has 166 valence electrons. The monoisotopic (exact) mass is 419 g/mol. The van der Waals surface area contributed by atoms with E-state index < -0.39 is 17.1 Å². The highest BCUT2D eigenvalue weighted by atomic mass is 16.6. The summed E-state index contributed by atoms with van der Waals surface area (Å²) in [5.74, 6) is 1.11. The summed E-state index contributed by atoms with van der Waals surface area (Å²) in [5, 5.41) is 2.77. The van der Waals surface area contributed by atoms with Crippen LogP contribution in [0.5, 0.6) is 5.75 Å². The van der Waals surface area contributed by atoms with Crippen LogP contribution >= 0.6 is 0 Å². The molecule has 2 rings (SSSR count). The van der Waals surface area contributed by atoms with Gasteiger partial charge in [0.2, 0.25) is 0 Å². The number of anilines is 1. The number of hydrogen-bond donors (Lipinski definition) is 1. The second kappa shape index (κ2) is 8.93. The molecule has 1 aromatic carbocycles. The number of aryl methyl sites for hydroxylation is 2. The van der Waals surface area contributed by atoms with Crippen LogP contribution in [-0.4, -0.2) is 40.9 Å². The predicted octanol–water partition coefficient (Wildman–Crippen LogP) is 4.45. The average molecular weight is 420 g/mol. The number of carbonyl (C=O) groups is 2. The Balaban J connectivity index is 2.34. The van der Waals surface area contributed by atoms with Crippen LogP contribution in [-0.2, 0) is 27.7 Å². The maximum atomic E-state index is 12.3. The van der Waals surface area contributed by atoms with Crippen LogP contribution in [0.15, 0.2) is 12.1 Å². The second-order valence-electron chi connectivity index (χ2n) is 8.86. The third-order valence-electron chi connectivity index (χ3n) is 4.72. The van der Waals surface area contributed by atoms with Gasteiger partial charge in [0.1, 0.15) is 17.2 Å². The number of methoxy groups -OCH3 is 1. The Kier molecular flexibility index (Phi) is 7.00. The summed E-state index contributed by atoms with van der Waals surface area (Å²) in [5.41, 5.74) is 0.902. The molecule has 0 aliphatic heterocycles. The van der Waals surface area contributed by atoms with Crippen molar-refractivity contribution in [3.63, 3.8) is 0 Å². The van der Waals surface area contributed by atoms with Gasteiger partial charge >= 0.3 is 12.1 Å². The van der Waals surface area contributed by atoms with Gasteiger partial charge in [0, 0.05) is 19.5 Å². The van der Waals surface area contributed by atoms with Crippen molar-refractivity contribution in [2.45, 2.75) is 60.0 Å². The van der Waals surface area contributed by atoms with Crippen LogP contribution < -0.4 is 10.1 Å². The van der Waals surface area contributed by atoms with Crippen LogP contribution in [0.1, 0.15) is 53.8 Å². The second-order valence-corrected chi connectivity index (χ2v) is 8.86. The Bertz CT molecular complexity index is 925. The van der Waals surface area contributed by atoms with Crippen molar-refractivity contribution >= 4 is 28.8 Å². The fourth-order valence-corrected chi connectivity index (χ4v) is 3.08. The molecule has 0 spiro atoms. The molecule has 0 atom stereocenters. The first kappa shape index (κ1) is 23.5. The van der Waals surface area contributed by atoms with Crippen LogP contribution in [0.25, 0.3) is 11.0 Å². The molecule has 1 N–H and O–H groups in total. The quantitative estimate of drug-likeness (QED) is 0.667. The number of nitrogens with one attached hydrogen (secondary N) is 1. The molecule has 0 aliphatic rings. The molecular formula is C22H33N3O5. The number of carbonyl (C=O) groups excluding carboxylic acids is 2. The Labute approximate surface area is 177 Å². The summed E-state index contributed by atoms with van der Waals surface area (Å²) in [6, 6.07) is 3.63. The maximum Gasteiger partial charge on any atom is 0.412 e. The summed E-state index contributed by atoms with van der Waals surface area (Å²) in [6.07, 6.45) is 0.648. The third-order valence-corrected chi connectivity index (χ3v) is 4.72. The van der Waals surface area contributed by atoms with Gasteiger partial charge in [0.15, 0.2) is 0 Å². The number of rotatable bonds is 7. The van der Waals surface area contributed by atoms with Gasteiger partial charge < -0.3 is 18.8 Å². The van der Waals surface area contributed by atoms with E-state index in [1.54, 1.807) is 6.07 Å². The van der Waals surface area contributed by atoms with E-state index in [9.17, 15) is 9.59 Å². The largest absolute Gasteiger partial charge is 0.492 e. The van der Waals surface area contributed by atoms with Gasteiger partial charge in [-0.15, -0.1) is 0 Å². The topological polar surface area (TPSA) is 91.7 Å². The van der Waals surface area contributed by atoms with Gasteiger partial charge in [-0.25, -0.2) is 9.78 Å². The normalized spacial score (nSPS) is 12.0. The fraction of sp³-hybridized carbons (Fsp3) is 0.591. The number of fused-ring (bicyclic) bond motifs is 1. The molecule has 8 heteroatoms.